The highest BCUT2D eigenvalue weighted by atomic mass is 15.0. The number of hydrogen-bond donors (Lipinski definition) is 0. The van der Waals surface area contributed by atoms with Crippen LogP contribution in [0.15, 0.2) is 194 Å². The maximum atomic E-state index is 4.98. The van der Waals surface area contributed by atoms with Crippen molar-refractivity contribution < 1.29 is 0 Å². The van der Waals surface area contributed by atoms with E-state index in [9.17, 15) is 0 Å². The second-order valence-electron chi connectivity index (χ2n) is 13.5. The van der Waals surface area contributed by atoms with Crippen molar-refractivity contribution >= 4 is 32.3 Å². The fourth-order valence-electron chi connectivity index (χ4n) is 7.47. The number of benzene rings is 8. The van der Waals surface area contributed by atoms with Crippen molar-refractivity contribution in [3.63, 3.8) is 0 Å². The molecule has 10 aromatic rings. The van der Waals surface area contributed by atoms with Gasteiger partial charge in [-0.2, -0.15) is 0 Å². The third-order valence-corrected chi connectivity index (χ3v) is 10.2. The predicted molar refractivity (Wildman–Crippen MR) is 223 cm³/mol. The molecule has 252 valence electrons. The predicted octanol–water partition coefficient (Wildman–Crippen LogP) is 12.7. The number of hydrogen-bond acceptors (Lipinski definition) is 4. The molecular formula is C50H32N4. The van der Waals surface area contributed by atoms with Crippen LogP contribution in [-0.4, -0.2) is 19.9 Å². The molecule has 2 aromatic heterocycles. The zero-order valence-electron chi connectivity index (χ0n) is 29.3. The van der Waals surface area contributed by atoms with Gasteiger partial charge in [0.2, 0.25) is 0 Å². The summed E-state index contributed by atoms with van der Waals surface area (Å²) < 4.78 is 0. The minimum atomic E-state index is 0.630. The van der Waals surface area contributed by atoms with Crippen LogP contribution in [0.3, 0.4) is 0 Å². The largest absolute Gasteiger partial charge is 0.264 e. The first kappa shape index (κ1) is 31.4. The molecule has 0 spiro atoms. The molecular weight excluding hydrogens is 657 g/mol. The molecule has 0 atom stereocenters. The molecule has 0 bridgehead atoms. The summed E-state index contributed by atoms with van der Waals surface area (Å²) in [4.78, 5) is 19.1. The van der Waals surface area contributed by atoms with E-state index in [1.807, 2.05) is 42.6 Å². The Morgan fingerprint density at radius 1 is 0.278 bits per heavy atom. The Morgan fingerprint density at radius 2 is 0.759 bits per heavy atom. The summed E-state index contributed by atoms with van der Waals surface area (Å²) in [6.45, 7) is 0. The van der Waals surface area contributed by atoms with Crippen molar-refractivity contribution in [2.45, 2.75) is 0 Å². The summed E-state index contributed by atoms with van der Waals surface area (Å²) in [7, 11) is 0. The normalized spacial score (nSPS) is 11.3. The summed E-state index contributed by atoms with van der Waals surface area (Å²) in [5, 5.41) is 7.58. The molecule has 0 aliphatic carbocycles. The van der Waals surface area contributed by atoms with Gasteiger partial charge in [0.1, 0.15) is 0 Å². The van der Waals surface area contributed by atoms with Crippen LogP contribution < -0.4 is 0 Å². The van der Waals surface area contributed by atoms with E-state index in [0.717, 1.165) is 38.9 Å². The first-order valence-corrected chi connectivity index (χ1v) is 18.1. The van der Waals surface area contributed by atoms with E-state index >= 15 is 0 Å². The average molecular weight is 689 g/mol. The fourth-order valence-corrected chi connectivity index (χ4v) is 7.47. The van der Waals surface area contributed by atoms with Gasteiger partial charge in [0.25, 0.3) is 0 Å². The molecule has 0 fully saturated rings. The quantitative estimate of drug-likeness (QED) is 0.129. The highest BCUT2D eigenvalue weighted by Gasteiger charge is 2.15. The molecule has 0 N–H and O–H groups in total. The van der Waals surface area contributed by atoms with Gasteiger partial charge in [-0.3, -0.25) is 4.98 Å². The van der Waals surface area contributed by atoms with Gasteiger partial charge in [0, 0.05) is 29.1 Å². The second-order valence-corrected chi connectivity index (χ2v) is 13.5. The number of fused-ring (bicyclic) bond motifs is 4. The molecule has 4 nitrogen and oxygen atoms in total. The smallest absolute Gasteiger partial charge is 0.164 e. The SMILES string of the molecule is c1ccc(-c2nc(-c3ccc(-c4ccc(-c5c6ccccc6cc6c5ccc5ccccc56)cc4)cc3)nc(-c3ccc(-c4cccnc4)cc3)n2)cc1. The molecule has 54 heavy (non-hydrogen) atoms. The summed E-state index contributed by atoms with van der Waals surface area (Å²) in [6, 6.07) is 64.1. The van der Waals surface area contributed by atoms with E-state index in [0.29, 0.717) is 17.5 Å². The van der Waals surface area contributed by atoms with Crippen LogP contribution >= 0.6 is 0 Å². The monoisotopic (exact) mass is 688 g/mol. The number of aromatic nitrogens is 4. The van der Waals surface area contributed by atoms with Crippen LogP contribution in [0.5, 0.6) is 0 Å². The Balaban J connectivity index is 1.000. The summed E-state index contributed by atoms with van der Waals surface area (Å²) in [5.41, 5.74) is 9.69. The van der Waals surface area contributed by atoms with Crippen molar-refractivity contribution in [1.82, 2.24) is 19.9 Å². The molecule has 0 radical (unpaired) electrons. The lowest BCUT2D eigenvalue weighted by molar-refractivity contribution is 1.07. The van der Waals surface area contributed by atoms with Gasteiger partial charge in [-0.1, -0.05) is 170 Å². The van der Waals surface area contributed by atoms with Gasteiger partial charge in [-0.05, 0) is 77.8 Å². The lowest BCUT2D eigenvalue weighted by Crippen LogP contribution is -2.00. The third kappa shape index (κ3) is 5.76. The highest BCUT2D eigenvalue weighted by Crippen LogP contribution is 2.40. The number of nitrogens with zero attached hydrogens (tertiary/aromatic N) is 4. The van der Waals surface area contributed by atoms with Crippen molar-refractivity contribution in [3.05, 3.63) is 194 Å². The van der Waals surface area contributed by atoms with Crippen LogP contribution in [0.1, 0.15) is 0 Å². The fraction of sp³-hybridized carbons (Fsp3) is 0. The lowest BCUT2D eigenvalue weighted by Gasteiger charge is -2.14. The van der Waals surface area contributed by atoms with Gasteiger partial charge in [0.15, 0.2) is 17.5 Å². The number of pyridine rings is 1. The Bertz CT molecular complexity index is 2940. The first-order valence-electron chi connectivity index (χ1n) is 18.1. The van der Waals surface area contributed by atoms with Crippen LogP contribution in [-0.2, 0) is 0 Å². The topological polar surface area (TPSA) is 51.6 Å². The van der Waals surface area contributed by atoms with E-state index in [-0.39, 0.29) is 0 Å². The molecule has 4 heteroatoms. The van der Waals surface area contributed by atoms with Crippen LogP contribution in [0.2, 0.25) is 0 Å². The number of rotatable bonds is 6. The molecule has 0 amide bonds. The second kappa shape index (κ2) is 13.4. The molecule has 0 saturated heterocycles. The Morgan fingerprint density at radius 3 is 1.37 bits per heavy atom. The molecule has 0 unspecified atom stereocenters. The van der Waals surface area contributed by atoms with E-state index < -0.39 is 0 Å². The molecule has 8 aromatic carbocycles. The maximum Gasteiger partial charge on any atom is 0.164 e. The highest BCUT2D eigenvalue weighted by molar-refractivity contribution is 6.20. The minimum Gasteiger partial charge on any atom is -0.264 e. The van der Waals surface area contributed by atoms with Gasteiger partial charge in [-0.25, -0.2) is 15.0 Å². The van der Waals surface area contributed by atoms with Gasteiger partial charge < -0.3 is 0 Å². The molecule has 10 rings (SSSR count). The molecule has 0 aliphatic rings. The molecule has 0 aliphatic heterocycles. The van der Waals surface area contributed by atoms with E-state index in [1.165, 1.54) is 43.4 Å². The van der Waals surface area contributed by atoms with E-state index in [4.69, 9.17) is 15.0 Å². The van der Waals surface area contributed by atoms with Gasteiger partial charge in [-0.15, -0.1) is 0 Å². The van der Waals surface area contributed by atoms with Crippen molar-refractivity contribution in [2.75, 3.05) is 0 Å². The Labute approximate surface area is 313 Å². The zero-order chi connectivity index (χ0) is 35.8. The summed E-state index contributed by atoms with van der Waals surface area (Å²) >= 11 is 0. The van der Waals surface area contributed by atoms with E-state index in [2.05, 4.69) is 151 Å². The standard InChI is InChI=1S/C50H32N4/c1-2-10-38(11-3-1)48-52-49(54-50(53-48)40-26-20-35(21-27-40)42-13-8-30-51-32-42)39-24-18-34(19-25-39)33-16-22-37(23-17-33)47-44-15-7-5-12-41(44)31-46-43-14-6-4-9-36(43)28-29-45(46)47/h1-32H. The van der Waals surface area contributed by atoms with Crippen LogP contribution in [0.4, 0.5) is 0 Å². The van der Waals surface area contributed by atoms with Gasteiger partial charge in [0.05, 0.1) is 0 Å². The summed E-state index contributed by atoms with van der Waals surface area (Å²) in [6.07, 6.45) is 3.66. The lowest BCUT2D eigenvalue weighted by atomic mass is 9.89. The van der Waals surface area contributed by atoms with Crippen molar-refractivity contribution in [2.24, 2.45) is 0 Å². The first-order chi connectivity index (χ1) is 26.7. The molecule has 0 saturated carbocycles. The summed E-state index contributed by atoms with van der Waals surface area (Å²) in [5.74, 6) is 1.90. The van der Waals surface area contributed by atoms with Crippen LogP contribution in [0, 0.1) is 0 Å². The van der Waals surface area contributed by atoms with Crippen molar-refractivity contribution in [3.8, 4) is 67.5 Å². The van der Waals surface area contributed by atoms with E-state index in [1.54, 1.807) is 6.20 Å². The Hall–Kier alpha value is -7.30. The van der Waals surface area contributed by atoms with Gasteiger partial charge >= 0.3 is 0 Å². The van der Waals surface area contributed by atoms with Crippen LogP contribution in [0.25, 0.3) is 99.9 Å². The Kier molecular flexibility index (Phi) is 7.77. The zero-order valence-corrected chi connectivity index (χ0v) is 29.3. The molecule has 2 heterocycles. The van der Waals surface area contributed by atoms with Crippen molar-refractivity contribution in [1.29, 1.82) is 0 Å². The minimum absolute atomic E-state index is 0.630. The third-order valence-electron chi connectivity index (χ3n) is 10.2. The average Bonchev–Trinajstić information content (AvgIpc) is 3.26. The maximum absolute atomic E-state index is 4.98.